The molecule has 1 rings (SSSR count). The van der Waals surface area contributed by atoms with Gasteiger partial charge in [-0.2, -0.15) is 0 Å². The average molecular weight is 249 g/mol. The quantitative estimate of drug-likeness (QED) is 0.755. The van der Waals surface area contributed by atoms with Crippen LogP contribution in [-0.2, 0) is 10.3 Å². The Morgan fingerprint density at radius 2 is 1.89 bits per heavy atom. The Morgan fingerprint density at radius 1 is 1.28 bits per heavy atom. The maximum Gasteiger partial charge on any atom is 0.328 e. The van der Waals surface area contributed by atoms with E-state index in [2.05, 4.69) is 6.92 Å². The summed E-state index contributed by atoms with van der Waals surface area (Å²) in [4.78, 5) is 13.6. The van der Waals surface area contributed by atoms with Crippen molar-refractivity contribution in [3.05, 3.63) is 35.9 Å². The third-order valence-corrected chi connectivity index (χ3v) is 3.61. The number of benzene rings is 1. The Morgan fingerprint density at radius 3 is 2.39 bits per heavy atom. The van der Waals surface area contributed by atoms with Crippen LogP contribution in [0, 0.1) is 0 Å². The molecule has 0 saturated heterocycles. The van der Waals surface area contributed by atoms with Gasteiger partial charge in [-0.25, -0.2) is 4.79 Å². The number of nitrogens with zero attached hydrogens (tertiary/aromatic N) is 1. The second-order valence-corrected chi connectivity index (χ2v) is 4.87. The molecular formula is C15H23NO2. The van der Waals surface area contributed by atoms with E-state index in [0.717, 1.165) is 31.4 Å². The molecule has 0 aliphatic heterocycles. The topological polar surface area (TPSA) is 40.5 Å². The molecule has 1 N–H and O–H groups in total. The SMILES string of the molecule is CCCCCN(C)C(C)(C(=O)O)c1ccccc1. The molecule has 0 bridgehead atoms. The smallest absolute Gasteiger partial charge is 0.328 e. The minimum atomic E-state index is -0.949. The Kier molecular flexibility index (Phi) is 5.35. The lowest BCUT2D eigenvalue weighted by atomic mass is 9.90. The second-order valence-electron chi connectivity index (χ2n) is 4.87. The van der Waals surface area contributed by atoms with Gasteiger partial charge in [-0.15, -0.1) is 0 Å². The number of hydrogen-bond donors (Lipinski definition) is 1. The van der Waals surface area contributed by atoms with Crippen LogP contribution < -0.4 is 0 Å². The zero-order chi connectivity index (χ0) is 13.6. The van der Waals surface area contributed by atoms with E-state index in [-0.39, 0.29) is 0 Å². The van der Waals surface area contributed by atoms with Crippen molar-refractivity contribution in [3.8, 4) is 0 Å². The summed E-state index contributed by atoms with van der Waals surface area (Å²) in [6.07, 6.45) is 3.31. The van der Waals surface area contributed by atoms with E-state index in [4.69, 9.17) is 0 Å². The van der Waals surface area contributed by atoms with E-state index in [9.17, 15) is 9.90 Å². The zero-order valence-electron chi connectivity index (χ0n) is 11.5. The first-order chi connectivity index (χ1) is 8.53. The van der Waals surface area contributed by atoms with Crippen LogP contribution >= 0.6 is 0 Å². The highest BCUT2D eigenvalue weighted by Crippen LogP contribution is 2.27. The maximum atomic E-state index is 11.7. The first-order valence-electron chi connectivity index (χ1n) is 6.53. The first-order valence-corrected chi connectivity index (χ1v) is 6.53. The standard InChI is InChI=1S/C15H23NO2/c1-4-5-9-12-16(3)15(2,14(17)18)13-10-7-6-8-11-13/h6-8,10-11H,4-5,9,12H2,1-3H3,(H,17,18). The van der Waals surface area contributed by atoms with E-state index in [1.54, 1.807) is 6.92 Å². The van der Waals surface area contributed by atoms with Gasteiger partial charge in [0.25, 0.3) is 0 Å². The molecule has 0 radical (unpaired) electrons. The van der Waals surface area contributed by atoms with Crippen LogP contribution in [0.2, 0.25) is 0 Å². The van der Waals surface area contributed by atoms with Crippen molar-refractivity contribution in [1.82, 2.24) is 4.90 Å². The highest BCUT2D eigenvalue weighted by atomic mass is 16.4. The Hall–Kier alpha value is -1.35. The minimum absolute atomic E-state index is 0.797. The van der Waals surface area contributed by atoms with Gasteiger partial charge < -0.3 is 5.11 Å². The number of likely N-dealkylation sites (N-methyl/N-ethyl adjacent to an activating group) is 1. The fourth-order valence-corrected chi connectivity index (χ4v) is 2.09. The van der Waals surface area contributed by atoms with E-state index in [0.29, 0.717) is 0 Å². The molecule has 0 aliphatic carbocycles. The number of rotatable bonds is 7. The lowest BCUT2D eigenvalue weighted by molar-refractivity contribution is -0.150. The van der Waals surface area contributed by atoms with Gasteiger partial charge in [-0.3, -0.25) is 4.90 Å². The molecule has 1 aromatic rings. The molecule has 0 saturated carbocycles. The summed E-state index contributed by atoms with van der Waals surface area (Å²) in [7, 11) is 1.89. The maximum absolute atomic E-state index is 11.7. The monoisotopic (exact) mass is 249 g/mol. The van der Waals surface area contributed by atoms with Gasteiger partial charge in [-0.1, -0.05) is 50.1 Å². The lowest BCUT2D eigenvalue weighted by Gasteiger charge is -2.35. The number of aliphatic carboxylic acids is 1. The summed E-state index contributed by atoms with van der Waals surface area (Å²) >= 11 is 0. The van der Waals surface area contributed by atoms with E-state index in [1.165, 1.54) is 0 Å². The van der Waals surface area contributed by atoms with Crippen molar-refractivity contribution in [3.63, 3.8) is 0 Å². The third kappa shape index (κ3) is 3.10. The molecule has 100 valence electrons. The summed E-state index contributed by atoms with van der Waals surface area (Å²) in [5.41, 5.74) is -0.119. The van der Waals surface area contributed by atoms with Crippen LogP contribution in [0.5, 0.6) is 0 Å². The van der Waals surface area contributed by atoms with Crippen LogP contribution in [0.15, 0.2) is 30.3 Å². The molecule has 1 unspecified atom stereocenters. The molecule has 1 atom stereocenters. The van der Waals surface area contributed by atoms with Crippen molar-refractivity contribution >= 4 is 5.97 Å². The number of carbonyl (C=O) groups is 1. The summed E-state index contributed by atoms with van der Waals surface area (Å²) in [5.74, 6) is -0.798. The minimum Gasteiger partial charge on any atom is -0.480 e. The predicted molar refractivity (Wildman–Crippen MR) is 73.6 cm³/mol. The average Bonchev–Trinajstić information content (AvgIpc) is 2.38. The Bertz CT molecular complexity index is 377. The van der Waals surface area contributed by atoms with E-state index >= 15 is 0 Å². The summed E-state index contributed by atoms with van der Waals surface area (Å²) in [6, 6.07) is 9.44. The van der Waals surface area contributed by atoms with Gasteiger partial charge in [0, 0.05) is 0 Å². The highest BCUT2D eigenvalue weighted by molar-refractivity contribution is 5.80. The van der Waals surface area contributed by atoms with Gasteiger partial charge in [0.2, 0.25) is 0 Å². The first kappa shape index (κ1) is 14.7. The molecular weight excluding hydrogens is 226 g/mol. The molecule has 0 heterocycles. The Labute approximate surface area is 109 Å². The normalized spacial score (nSPS) is 14.4. The highest BCUT2D eigenvalue weighted by Gasteiger charge is 2.38. The molecule has 18 heavy (non-hydrogen) atoms. The lowest BCUT2D eigenvalue weighted by Crippen LogP contribution is -2.48. The van der Waals surface area contributed by atoms with Crippen molar-refractivity contribution in [1.29, 1.82) is 0 Å². The van der Waals surface area contributed by atoms with Gasteiger partial charge in [-0.05, 0) is 32.5 Å². The predicted octanol–water partition coefficient (Wildman–Crippen LogP) is 3.11. The molecule has 0 spiro atoms. The van der Waals surface area contributed by atoms with Gasteiger partial charge in [0.1, 0.15) is 5.54 Å². The molecule has 0 amide bonds. The van der Waals surface area contributed by atoms with Crippen molar-refractivity contribution in [2.45, 2.75) is 38.6 Å². The fraction of sp³-hybridized carbons (Fsp3) is 0.533. The molecule has 0 fully saturated rings. The Balaban J connectivity index is 2.90. The van der Waals surface area contributed by atoms with Gasteiger partial charge in [0.15, 0.2) is 0 Å². The second kappa shape index (κ2) is 6.55. The molecule has 3 heteroatoms. The third-order valence-electron chi connectivity index (χ3n) is 3.61. The number of unbranched alkanes of at least 4 members (excludes halogenated alkanes) is 2. The molecule has 3 nitrogen and oxygen atoms in total. The van der Waals surface area contributed by atoms with Crippen LogP contribution in [0.1, 0.15) is 38.7 Å². The van der Waals surface area contributed by atoms with Crippen LogP contribution in [-0.4, -0.2) is 29.6 Å². The molecule has 0 aliphatic rings. The number of hydrogen-bond acceptors (Lipinski definition) is 2. The van der Waals surface area contributed by atoms with Gasteiger partial charge >= 0.3 is 5.97 Å². The van der Waals surface area contributed by atoms with E-state index in [1.807, 2.05) is 42.3 Å². The van der Waals surface area contributed by atoms with Crippen LogP contribution in [0.25, 0.3) is 0 Å². The summed E-state index contributed by atoms with van der Waals surface area (Å²) in [5, 5.41) is 9.57. The number of carboxylic acids is 1. The van der Waals surface area contributed by atoms with Crippen molar-refractivity contribution in [2.75, 3.05) is 13.6 Å². The van der Waals surface area contributed by atoms with E-state index < -0.39 is 11.5 Å². The van der Waals surface area contributed by atoms with Crippen LogP contribution in [0.4, 0.5) is 0 Å². The summed E-state index contributed by atoms with van der Waals surface area (Å²) < 4.78 is 0. The molecule has 1 aromatic carbocycles. The fourth-order valence-electron chi connectivity index (χ4n) is 2.09. The zero-order valence-corrected chi connectivity index (χ0v) is 11.5. The summed E-state index contributed by atoms with van der Waals surface area (Å²) in [6.45, 7) is 4.72. The van der Waals surface area contributed by atoms with Gasteiger partial charge in [0.05, 0.1) is 0 Å². The largest absolute Gasteiger partial charge is 0.480 e. The van der Waals surface area contributed by atoms with Crippen molar-refractivity contribution in [2.24, 2.45) is 0 Å². The molecule has 0 aromatic heterocycles. The van der Waals surface area contributed by atoms with Crippen LogP contribution in [0.3, 0.4) is 0 Å². The number of carboxylic acid groups (broad SMARTS) is 1. The van der Waals surface area contributed by atoms with Crippen molar-refractivity contribution < 1.29 is 9.90 Å².